The summed E-state index contributed by atoms with van der Waals surface area (Å²) in [6.07, 6.45) is 0. The van der Waals surface area contributed by atoms with Gasteiger partial charge in [-0.15, -0.1) is 0 Å². The third-order valence-corrected chi connectivity index (χ3v) is 12.6. The predicted molar refractivity (Wildman–Crippen MR) is 234 cm³/mol. The van der Waals surface area contributed by atoms with E-state index in [1.165, 1.54) is 66.8 Å². The van der Waals surface area contributed by atoms with Crippen LogP contribution in [0.15, 0.2) is 180 Å². The molecule has 0 fully saturated rings. The summed E-state index contributed by atoms with van der Waals surface area (Å²) in [6.45, 7) is 9.46. The largest absolute Gasteiger partial charge is 0.456 e. The van der Waals surface area contributed by atoms with Gasteiger partial charge in [-0.1, -0.05) is 149 Å². The van der Waals surface area contributed by atoms with Gasteiger partial charge in [-0.2, -0.15) is 0 Å². The molecule has 0 bridgehead atoms. The van der Waals surface area contributed by atoms with Crippen LogP contribution >= 0.6 is 0 Å². The average molecular weight is 720 g/mol. The molecular weight excluding hydrogens is 679 g/mol. The Morgan fingerprint density at radius 2 is 1.00 bits per heavy atom. The molecule has 0 amide bonds. The average Bonchev–Trinajstić information content (AvgIpc) is 3.81. The van der Waals surface area contributed by atoms with E-state index in [9.17, 15) is 0 Å². The SMILES string of the molecule is CC1(C)c2ccccc2-c2ccc(N(c3cccc(-c4cc(-c5ccccc5)c5c(c4)-c4ccccc4C5(C)C)c3)c3cccc4oc5ccccc5c34)cc21. The number of fused-ring (bicyclic) bond motifs is 9. The molecule has 0 unspecified atom stereocenters. The standard InChI is InChI=1S/C54H41NO/c1-53(2)45-23-11-8-20-39(45)41-29-28-38(33-47(41)53)55(48-25-15-27-50-51(48)42-22-10-13-26-49(42)56-50)37-19-14-18-35(30-37)36-31-43(34-16-6-5-7-17-34)52-44(32-36)40-21-9-12-24-46(40)54(52,3)4/h5-33H,1-4H3. The predicted octanol–water partition coefficient (Wildman–Crippen LogP) is 15.0. The number of nitrogens with zero attached hydrogens (tertiary/aromatic N) is 1. The van der Waals surface area contributed by atoms with Crippen molar-refractivity contribution in [2.75, 3.05) is 4.90 Å². The molecule has 0 spiro atoms. The minimum Gasteiger partial charge on any atom is -0.456 e. The maximum atomic E-state index is 6.47. The fourth-order valence-electron chi connectivity index (χ4n) is 9.96. The van der Waals surface area contributed by atoms with Gasteiger partial charge in [-0.3, -0.25) is 0 Å². The van der Waals surface area contributed by atoms with Crippen molar-refractivity contribution in [3.05, 3.63) is 198 Å². The number of anilines is 3. The summed E-state index contributed by atoms with van der Waals surface area (Å²) in [5.74, 6) is 0. The molecular formula is C54H41NO. The van der Waals surface area contributed by atoms with Gasteiger partial charge in [0.2, 0.25) is 0 Å². The van der Waals surface area contributed by atoms with Gasteiger partial charge in [-0.25, -0.2) is 0 Å². The lowest BCUT2D eigenvalue weighted by atomic mass is 9.78. The van der Waals surface area contributed by atoms with Gasteiger partial charge in [0.15, 0.2) is 0 Å². The molecule has 2 aliphatic carbocycles. The van der Waals surface area contributed by atoms with Gasteiger partial charge in [0.1, 0.15) is 11.2 Å². The van der Waals surface area contributed by atoms with E-state index in [1.54, 1.807) is 0 Å². The topological polar surface area (TPSA) is 16.4 Å². The number of hydrogen-bond acceptors (Lipinski definition) is 2. The second kappa shape index (κ2) is 11.9. The number of furan rings is 1. The third kappa shape index (κ3) is 4.69. The number of benzene rings is 8. The van der Waals surface area contributed by atoms with Gasteiger partial charge in [0.25, 0.3) is 0 Å². The molecule has 268 valence electrons. The number of hydrogen-bond donors (Lipinski definition) is 0. The quantitative estimate of drug-likeness (QED) is 0.176. The lowest BCUT2D eigenvalue weighted by molar-refractivity contribution is 0.660. The molecule has 0 N–H and O–H groups in total. The number of rotatable bonds is 5. The van der Waals surface area contributed by atoms with Gasteiger partial charge >= 0.3 is 0 Å². The molecule has 56 heavy (non-hydrogen) atoms. The van der Waals surface area contributed by atoms with Crippen LogP contribution in [0.4, 0.5) is 17.1 Å². The van der Waals surface area contributed by atoms with E-state index in [4.69, 9.17) is 4.42 Å². The minimum atomic E-state index is -0.133. The van der Waals surface area contributed by atoms with Crippen molar-refractivity contribution < 1.29 is 4.42 Å². The molecule has 2 aliphatic rings. The Morgan fingerprint density at radius 3 is 1.82 bits per heavy atom. The van der Waals surface area contributed by atoms with Crippen molar-refractivity contribution in [2.24, 2.45) is 0 Å². The van der Waals surface area contributed by atoms with E-state index in [0.717, 1.165) is 39.0 Å². The van der Waals surface area contributed by atoms with Gasteiger partial charge in [0, 0.05) is 27.6 Å². The first-order valence-corrected chi connectivity index (χ1v) is 19.7. The van der Waals surface area contributed by atoms with Crippen LogP contribution in [-0.2, 0) is 10.8 Å². The molecule has 9 aromatic rings. The van der Waals surface area contributed by atoms with Gasteiger partial charge in [0.05, 0.1) is 11.1 Å². The van der Waals surface area contributed by atoms with Crippen molar-refractivity contribution in [3.63, 3.8) is 0 Å². The second-order valence-corrected chi connectivity index (χ2v) is 16.5. The van der Waals surface area contributed by atoms with E-state index < -0.39 is 0 Å². The first-order chi connectivity index (χ1) is 27.3. The molecule has 2 heteroatoms. The fraction of sp³-hybridized carbons (Fsp3) is 0.111. The maximum Gasteiger partial charge on any atom is 0.137 e. The Morgan fingerprint density at radius 1 is 0.393 bits per heavy atom. The Bertz CT molecular complexity index is 3030. The summed E-state index contributed by atoms with van der Waals surface area (Å²) in [7, 11) is 0. The van der Waals surface area contributed by atoms with Crippen molar-refractivity contribution >= 4 is 39.0 Å². The first kappa shape index (κ1) is 32.8. The molecule has 0 atom stereocenters. The van der Waals surface area contributed by atoms with Crippen LogP contribution in [0.5, 0.6) is 0 Å². The summed E-state index contributed by atoms with van der Waals surface area (Å²) in [5.41, 5.74) is 20.5. The van der Waals surface area contributed by atoms with Crippen molar-refractivity contribution in [2.45, 2.75) is 38.5 Å². The monoisotopic (exact) mass is 719 g/mol. The third-order valence-electron chi connectivity index (χ3n) is 12.6. The Balaban J connectivity index is 1.15. The fourth-order valence-corrected chi connectivity index (χ4v) is 9.96. The molecule has 0 saturated heterocycles. The van der Waals surface area contributed by atoms with Gasteiger partial charge in [-0.05, 0) is 121 Å². The van der Waals surface area contributed by atoms with Crippen LogP contribution in [0.3, 0.4) is 0 Å². The van der Waals surface area contributed by atoms with E-state index in [0.29, 0.717) is 0 Å². The van der Waals surface area contributed by atoms with E-state index in [1.807, 2.05) is 6.07 Å². The van der Waals surface area contributed by atoms with E-state index in [2.05, 4.69) is 202 Å². The van der Waals surface area contributed by atoms with E-state index in [-0.39, 0.29) is 10.8 Å². The normalized spacial score (nSPS) is 14.4. The van der Waals surface area contributed by atoms with Crippen LogP contribution < -0.4 is 4.90 Å². The summed E-state index contributed by atoms with van der Waals surface area (Å²) >= 11 is 0. The van der Waals surface area contributed by atoms with Crippen LogP contribution in [0.25, 0.3) is 66.4 Å². The minimum absolute atomic E-state index is 0.124. The van der Waals surface area contributed by atoms with Crippen LogP contribution in [0.2, 0.25) is 0 Å². The Kier molecular flexibility index (Phi) is 6.98. The Hall–Kier alpha value is -6.64. The summed E-state index contributed by atoms with van der Waals surface area (Å²) in [5, 5.41) is 2.22. The highest BCUT2D eigenvalue weighted by Gasteiger charge is 2.38. The molecule has 8 aromatic carbocycles. The zero-order valence-corrected chi connectivity index (χ0v) is 32.1. The zero-order valence-electron chi connectivity index (χ0n) is 32.1. The molecule has 1 heterocycles. The van der Waals surface area contributed by atoms with Crippen molar-refractivity contribution in [3.8, 4) is 44.5 Å². The molecule has 0 radical (unpaired) electrons. The molecule has 1 aromatic heterocycles. The van der Waals surface area contributed by atoms with Crippen LogP contribution in [-0.4, -0.2) is 0 Å². The zero-order chi connectivity index (χ0) is 37.8. The smallest absolute Gasteiger partial charge is 0.137 e. The highest BCUT2D eigenvalue weighted by Crippen LogP contribution is 2.55. The summed E-state index contributed by atoms with van der Waals surface area (Å²) in [6, 6.07) is 64.6. The Labute approximate surface area is 328 Å². The van der Waals surface area contributed by atoms with E-state index >= 15 is 0 Å². The maximum absolute atomic E-state index is 6.47. The molecule has 11 rings (SSSR count). The lowest BCUT2D eigenvalue weighted by Crippen LogP contribution is -2.16. The number of para-hydroxylation sites is 1. The summed E-state index contributed by atoms with van der Waals surface area (Å²) < 4.78 is 6.47. The molecule has 0 saturated carbocycles. The van der Waals surface area contributed by atoms with Crippen LogP contribution in [0.1, 0.15) is 49.9 Å². The van der Waals surface area contributed by atoms with Crippen LogP contribution in [0, 0.1) is 0 Å². The lowest BCUT2D eigenvalue weighted by Gasteiger charge is -2.29. The molecule has 2 nitrogen and oxygen atoms in total. The van der Waals surface area contributed by atoms with Gasteiger partial charge < -0.3 is 9.32 Å². The second-order valence-electron chi connectivity index (χ2n) is 16.5. The van der Waals surface area contributed by atoms with Crippen molar-refractivity contribution in [1.29, 1.82) is 0 Å². The highest BCUT2D eigenvalue weighted by atomic mass is 16.3. The first-order valence-electron chi connectivity index (χ1n) is 19.7. The molecule has 0 aliphatic heterocycles. The highest BCUT2D eigenvalue weighted by molar-refractivity contribution is 6.13. The summed E-state index contributed by atoms with van der Waals surface area (Å²) in [4.78, 5) is 2.44. The van der Waals surface area contributed by atoms with Crippen molar-refractivity contribution in [1.82, 2.24) is 0 Å².